The second kappa shape index (κ2) is 5.10. The van der Waals surface area contributed by atoms with Crippen molar-refractivity contribution in [1.29, 1.82) is 0 Å². The molecule has 0 saturated heterocycles. The van der Waals surface area contributed by atoms with Gasteiger partial charge in [0.2, 0.25) is 6.79 Å². The number of nitrogens with one attached hydrogen (secondary N) is 1. The minimum Gasteiger partial charge on any atom is -0.461 e. The highest BCUT2D eigenvalue weighted by molar-refractivity contribution is 7.11. The predicted molar refractivity (Wildman–Crippen MR) is 70.9 cm³/mol. The van der Waals surface area contributed by atoms with Crippen molar-refractivity contribution < 1.29 is 9.47 Å². The summed E-state index contributed by atoms with van der Waals surface area (Å²) in [4.78, 5) is 5.33. The molecule has 0 aliphatic carbocycles. The maximum atomic E-state index is 5.32. The van der Waals surface area contributed by atoms with E-state index in [0.29, 0.717) is 13.3 Å². The minimum atomic E-state index is 0.309. The first kappa shape index (κ1) is 11.1. The third-order valence-corrected chi connectivity index (χ3v) is 3.46. The van der Waals surface area contributed by atoms with Crippen molar-refractivity contribution in [2.45, 2.75) is 6.54 Å². The van der Waals surface area contributed by atoms with E-state index in [2.05, 4.69) is 15.7 Å². The summed E-state index contributed by atoms with van der Waals surface area (Å²) in [5.41, 5.74) is 2.09. The molecule has 0 unspecified atom stereocenters. The van der Waals surface area contributed by atoms with Crippen LogP contribution >= 0.6 is 11.3 Å². The summed E-state index contributed by atoms with van der Waals surface area (Å²) in [6.07, 6.45) is 3.44. The smallest absolute Gasteiger partial charge is 0.230 e. The highest BCUT2D eigenvalue weighted by atomic mass is 32.1. The Morgan fingerprint density at radius 1 is 1.39 bits per heavy atom. The van der Waals surface area contributed by atoms with Crippen LogP contribution in [0.15, 0.2) is 42.1 Å². The van der Waals surface area contributed by atoms with Crippen LogP contribution in [0.2, 0.25) is 0 Å². The van der Waals surface area contributed by atoms with Crippen molar-refractivity contribution in [3.63, 3.8) is 0 Å². The largest absolute Gasteiger partial charge is 0.461 e. The Kier molecular flexibility index (Phi) is 3.14. The molecular weight excluding hydrogens is 248 g/mol. The Hall–Kier alpha value is -2.01. The first-order valence-electron chi connectivity index (χ1n) is 5.59. The van der Waals surface area contributed by atoms with Crippen LogP contribution in [-0.2, 0) is 16.0 Å². The van der Waals surface area contributed by atoms with E-state index in [4.69, 9.17) is 9.47 Å². The molecule has 0 spiro atoms. The monoisotopic (exact) mass is 260 g/mol. The van der Waals surface area contributed by atoms with Crippen LogP contribution in [0.25, 0.3) is 5.76 Å². The Morgan fingerprint density at radius 2 is 2.39 bits per heavy atom. The highest BCUT2D eigenvalue weighted by Gasteiger charge is 2.11. The molecule has 0 fully saturated rings. The lowest BCUT2D eigenvalue weighted by Gasteiger charge is -2.02. The highest BCUT2D eigenvalue weighted by Crippen LogP contribution is 2.29. The molecule has 1 aliphatic heterocycles. The number of thiophene rings is 1. The quantitative estimate of drug-likeness (QED) is 0.917. The van der Waals surface area contributed by atoms with E-state index in [1.165, 1.54) is 0 Å². The lowest BCUT2D eigenvalue weighted by atomic mass is 10.3. The van der Waals surface area contributed by atoms with E-state index < -0.39 is 0 Å². The molecule has 5 heteroatoms. The van der Waals surface area contributed by atoms with E-state index in [-0.39, 0.29) is 0 Å². The average Bonchev–Trinajstić information content (AvgIpc) is 3.08. The summed E-state index contributed by atoms with van der Waals surface area (Å²) in [5, 5.41) is 5.39. The maximum Gasteiger partial charge on any atom is 0.230 e. The molecule has 0 saturated carbocycles. The molecule has 0 atom stereocenters. The standard InChI is InChI=1S/C13H12N2O2S/c1-2-4-14-10(3-1)6-15-11-5-13(18-8-11)12-7-16-9-17-12/h1-5,7-8,15H,6,9H2. The average molecular weight is 260 g/mol. The van der Waals surface area contributed by atoms with Crippen LogP contribution in [0.1, 0.15) is 10.6 Å². The molecule has 18 heavy (non-hydrogen) atoms. The van der Waals surface area contributed by atoms with Crippen molar-refractivity contribution in [3.8, 4) is 0 Å². The molecule has 3 heterocycles. The first-order chi connectivity index (χ1) is 8.92. The third-order valence-electron chi connectivity index (χ3n) is 2.51. The molecule has 0 radical (unpaired) electrons. The van der Waals surface area contributed by atoms with Crippen molar-refractivity contribution in [1.82, 2.24) is 4.98 Å². The molecule has 2 aromatic heterocycles. The van der Waals surface area contributed by atoms with Gasteiger partial charge in [-0.1, -0.05) is 6.07 Å². The number of rotatable bonds is 4. The zero-order chi connectivity index (χ0) is 12.2. The van der Waals surface area contributed by atoms with Crippen LogP contribution in [0.3, 0.4) is 0 Å². The van der Waals surface area contributed by atoms with E-state index in [1.54, 1.807) is 23.8 Å². The van der Waals surface area contributed by atoms with Crippen molar-refractivity contribution >= 4 is 22.8 Å². The molecule has 0 aromatic carbocycles. The van der Waals surface area contributed by atoms with Gasteiger partial charge in [0.05, 0.1) is 17.1 Å². The summed E-state index contributed by atoms with van der Waals surface area (Å²) in [7, 11) is 0. The number of hydrogen-bond acceptors (Lipinski definition) is 5. The second-order valence-corrected chi connectivity index (χ2v) is 4.70. The lowest BCUT2D eigenvalue weighted by Crippen LogP contribution is -1.99. The number of hydrogen-bond donors (Lipinski definition) is 1. The van der Waals surface area contributed by atoms with E-state index >= 15 is 0 Å². The van der Waals surface area contributed by atoms with Gasteiger partial charge >= 0.3 is 0 Å². The van der Waals surface area contributed by atoms with Gasteiger partial charge in [-0.05, 0) is 18.2 Å². The van der Waals surface area contributed by atoms with Gasteiger partial charge in [-0.2, -0.15) is 0 Å². The van der Waals surface area contributed by atoms with E-state index in [0.717, 1.165) is 22.0 Å². The van der Waals surface area contributed by atoms with E-state index in [9.17, 15) is 0 Å². The van der Waals surface area contributed by atoms with Crippen LogP contribution in [0.5, 0.6) is 0 Å². The van der Waals surface area contributed by atoms with Crippen LogP contribution in [0, 0.1) is 0 Å². The molecule has 3 rings (SSSR count). The van der Waals surface area contributed by atoms with Gasteiger partial charge in [0, 0.05) is 17.3 Å². The molecule has 0 bridgehead atoms. The van der Waals surface area contributed by atoms with Crippen LogP contribution in [0.4, 0.5) is 5.69 Å². The number of aromatic nitrogens is 1. The van der Waals surface area contributed by atoms with Gasteiger partial charge in [-0.25, -0.2) is 0 Å². The normalized spacial score (nSPS) is 13.7. The maximum absolute atomic E-state index is 5.32. The summed E-state index contributed by atoms with van der Waals surface area (Å²) >= 11 is 1.63. The van der Waals surface area contributed by atoms with Crippen molar-refractivity contribution in [3.05, 3.63) is 52.7 Å². The summed E-state index contributed by atoms with van der Waals surface area (Å²) < 4.78 is 10.4. The second-order valence-electron chi connectivity index (χ2n) is 3.79. The number of ether oxygens (including phenoxy) is 2. The topological polar surface area (TPSA) is 43.4 Å². The zero-order valence-corrected chi connectivity index (χ0v) is 10.4. The Balaban J connectivity index is 1.64. The molecule has 1 aliphatic rings. The van der Waals surface area contributed by atoms with Crippen molar-refractivity contribution in [2.24, 2.45) is 0 Å². The van der Waals surface area contributed by atoms with Crippen molar-refractivity contribution in [2.75, 3.05) is 12.1 Å². The van der Waals surface area contributed by atoms with Crippen LogP contribution < -0.4 is 5.32 Å². The lowest BCUT2D eigenvalue weighted by molar-refractivity contribution is 0.101. The van der Waals surface area contributed by atoms with Gasteiger partial charge in [-0.15, -0.1) is 11.3 Å². The molecule has 1 N–H and O–H groups in total. The molecular formula is C13H12N2O2S. The zero-order valence-electron chi connectivity index (χ0n) is 9.63. The SMILES string of the molecule is C1=C(c2cc(NCc3ccccn3)cs2)OCO1. The predicted octanol–water partition coefficient (Wildman–Crippen LogP) is 3.06. The molecule has 4 nitrogen and oxygen atoms in total. The van der Waals surface area contributed by atoms with Gasteiger partial charge in [0.25, 0.3) is 0 Å². The summed E-state index contributed by atoms with van der Waals surface area (Å²) in [6, 6.07) is 7.94. The summed E-state index contributed by atoms with van der Waals surface area (Å²) in [5.74, 6) is 0.797. The molecule has 0 amide bonds. The minimum absolute atomic E-state index is 0.309. The fourth-order valence-corrected chi connectivity index (χ4v) is 2.45. The van der Waals surface area contributed by atoms with E-state index in [1.807, 2.05) is 24.3 Å². The Bertz CT molecular complexity index is 551. The van der Waals surface area contributed by atoms with Crippen LogP contribution in [-0.4, -0.2) is 11.8 Å². The Morgan fingerprint density at radius 3 is 3.17 bits per heavy atom. The third kappa shape index (κ3) is 2.46. The summed E-state index contributed by atoms with van der Waals surface area (Å²) in [6.45, 7) is 1.03. The number of pyridine rings is 1. The molecule has 2 aromatic rings. The first-order valence-corrected chi connectivity index (χ1v) is 6.47. The number of nitrogens with zero attached hydrogens (tertiary/aromatic N) is 1. The van der Waals surface area contributed by atoms with Gasteiger partial charge < -0.3 is 14.8 Å². The Labute approximate surface area is 109 Å². The fourth-order valence-electron chi connectivity index (χ4n) is 1.62. The van der Waals surface area contributed by atoms with Gasteiger partial charge in [0.15, 0.2) is 5.76 Å². The van der Waals surface area contributed by atoms with Gasteiger partial charge in [0.1, 0.15) is 6.26 Å². The fraction of sp³-hybridized carbons (Fsp3) is 0.154. The van der Waals surface area contributed by atoms with Gasteiger partial charge in [-0.3, -0.25) is 4.98 Å². The molecule has 92 valence electrons. The number of anilines is 1.